The molecule has 0 aliphatic carbocycles. The predicted molar refractivity (Wildman–Crippen MR) is 99.3 cm³/mol. The number of rotatable bonds is 5. The molecule has 0 atom stereocenters. The number of hydrogen-bond donors (Lipinski definition) is 1. The fourth-order valence-electron chi connectivity index (χ4n) is 2.54. The van der Waals surface area contributed by atoms with Crippen molar-refractivity contribution < 1.29 is 13.5 Å². The van der Waals surface area contributed by atoms with Gasteiger partial charge in [-0.15, -0.1) is 0 Å². The Labute approximate surface area is 148 Å². The topological polar surface area (TPSA) is 57.6 Å². The first kappa shape index (κ1) is 17.2. The lowest BCUT2D eigenvalue weighted by molar-refractivity contribution is 0.282. The van der Waals surface area contributed by atoms with Crippen LogP contribution in [0.15, 0.2) is 83.8 Å². The van der Waals surface area contributed by atoms with Gasteiger partial charge >= 0.3 is 0 Å². The van der Waals surface area contributed by atoms with E-state index in [9.17, 15) is 13.5 Å². The molecule has 0 radical (unpaired) electrons. The standard InChI is InChI=1S/C20H19NO3S/c1-16-7-13-20(14-8-16)25(23,24)21(18-5-3-2-4-6-18)19-11-9-17(15-22)10-12-19/h2-14,22H,15H2,1H3. The molecule has 4 nitrogen and oxygen atoms in total. The van der Waals surface area contributed by atoms with Crippen LogP contribution in [-0.4, -0.2) is 13.5 Å². The zero-order valence-electron chi connectivity index (χ0n) is 13.8. The maximum atomic E-state index is 13.3. The number of benzene rings is 3. The highest BCUT2D eigenvalue weighted by atomic mass is 32.2. The van der Waals surface area contributed by atoms with Gasteiger partial charge in [0.1, 0.15) is 0 Å². The zero-order chi connectivity index (χ0) is 17.9. The molecule has 0 bridgehead atoms. The third-order valence-electron chi connectivity index (χ3n) is 3.90. The molecule has 0 aliphatic heterocycles. The van der Waals surface area contributed by atoms with E-state index in [-0.39, 0.29) is 11.5 Å². The molecule has 0 spiro atoms. The molecule has 0 unspecified atom stereocenters. The Morgan fingerprint density at radius 1 is 0.800 bits per heavy atom. The van der Waals surface area contributed by atoms with Crippen LogP contribution in [0.2, 0.25) is 0 Å². The molecule has 128 valence electrons. The first-order chi connectivity index (χ1) is 12.0. The minimum atomic E-state index is -3.77. The second kappa shape index (κ2) is 7.09. The summed E-state index contributed by atoms with van der Waals surface area (Å²) in [6.07, 6.45) is 0. The van der Waals surface area contributed by atoms with E-state index in [1.807, 2.05) is 13.0 Å². The summed E-state index contributed by atoms with van der Waals surface area (Å²) in [7, 11) is -3.77. The molecule has 0 saturated heterocycles. The lowest BCUT2D eigenvalue weighted by Gasteiger charge is -2.25. The van der Waals surface area contributed by atoms with Gasteiger partial charge in [0.2, 0.25) is 0 Å². The Morgan fingerprint density at radius 3 is 1.92 bits per heavy atom. The van der Waals surface area contributed by atoms with Crippen molar-refractivity contribution in [3.05, 3.63) is 90.0 Å². The van der Waals surface area contributed by atoms with Crippen LogP contribution in [0.3, 0.4) is 0 Å². The normalized spacial score (nSPS) is 11.3. The lowest BCUT2D eigenvalue weighted by atomic mass is 10.2. The molecule has 3 aromatic rings. The van der Waals surface area contributed by atoms with Crippen molar-refractivity contribution in [1.82, 2.24) is 0 Å². The SMILES string of the molecule is Cc1ccc(S(=O)(=O)N(c2ccccc2)c2ccc(CO)cc2)cc1. The van der Waals surface area contributed by atoms with E-state index in [0.29, 0.717) is 11.4 Å². The van der Waals surface area contributed by atoms with Gasteiger partial charge in [-0.2, -0.15) is 0 Å². The van der Waals surface area contributed by atoms with E-state index in [2.05, 4.69) is 0 Å². The van der Waals surface area contributed by atoms with Crippen LogP contribution in [0.5, 0.6) is 0 Å². The summed E-state index contributed by atoms with van der Waals surface area (Å²) in [4.78, 5) is 0.230. The predicted octanol–water partition coefficient (Wildman–Crippen LogP) is 4.01. The summed E-state index contributed by atoms with van der Waals surface area (Å²) in [6.45, 7) is 1.83. The highest BCUT2D eigenvalue weighted by Gasteiger charge is 2.26. The van der Waals surface area contributed by atoms with Crippen LogP contribution in [-0.2, 0) is 16.6 Å². The van der Waals surface area contributed by atoms with E-state index >= 15 is 0 Å². The maximum Gasteiger partial charge on any atom is 0.268 e. The van der Waals surface area contributed by atoms with Crippen LogP contribution >= 0.6 is 0 Å². The monoisotopic (exact) mass is 353 g/mol. The van der Waals surface area contributed by atoms with Crippen molar-refractivity contribution in [3.63, 3.8) is 0 Å². The number of nitrogens with zero attached hydrogens (tertiary/aromatic N) is 1. The summed E-state index contributed by atoms with van der Waals surface area (Å²) in [5, 5.41) is 9.22. The molecule has 0 fully saturated rings. The van der Waals surface area contributed by atoms with E-state index in [0.717, 1.165) is 11.1 Å². The molecule has 25 heavy (non-hydrogen) atoms. The van der Waals surface area contributed by atoms with Crippen molar-refractivity contribution in [2.75, 3.05) is 4.31 Å². The third-order valence-corrected chi connectivity index (χ3v) is 5.67. The summed E-state index contributed by atoms with van der Waals surface area (Å²) < 4.78 is 27.9. The van der Waals surface area contributed by atoms with Crippen molar-refractivity contribution in [2.45, 2.75) is 18.4 Å². The van der Waals surface area contributed by atoms with E-state index in [1.54, 1.807) is 72.8 Å². The van der Waals surface area contributed by atoms with Crippen LogP contribution in [0.1, 0.15) is 11.1 Å². The number of aliphatic hydroxyl groups is 1. The van der Waals surface area contributed by atoms with Gasteiger partial charge in [0.25, 0.3) is 10.0 Å². The van der Waals surface area contributed by atoms with Crippen LogP contribution in [0.25, 0.3) is 0 Å². The Morgan fingerprint density at radius 2 is 1.36 bits per heavy atom. The van der Waals surface area contributed by atoms with E-state index < -0.39 is 10.0 Å². The maximum absolute atomic E-state index is 13.3. The highest BCUT2D eigenvalue weighted by molar-refractivity contribution is 7.93. The summed E-state index contributed by atoms with van der Waals surface area (Å²) in [5.41, 5.74) is 2.80. The number of anilines is 2. The van der Waals surface area contributed by atoms with Crippen molar-refractivity contribution in [1.29, 1.82) is 0 Å². The Bertz CT molecular complexity index is 934. The Balaban J connectivity index is 2.15. The molecular formula is C20H19NO3S. The van der Waals surface area contributed by atoms with Crippen molar-refractivity contribution >= 4 is 21.4 Å². The summed E-state index contributed by atoms with van der Waals surface area (Å²) >= 11 is 0. The molecule has 0 aliphatic rings. The second-order valence-corrected chi connectivity index (χ2v) is 7.53. The van der Waals surface area contributed by atoms with Crippen molar-refractivity contribution in [3.8, 4) is 0 Å². The fourth-order valence-corrected chi connectivity index (χ4v) is 4.03. The van der Waals surface area contributed by atoms with Crippen LogP contribution in [0.4, 0.5) is 11.4 Å². The molecule has 0 saturated carbocycles. The average molecular weight is 353 g/mol. The second-order valence-electron chi connectivity index (χ2n) is 5.74. The van der Waals surface area contributed by atoms with Crippen LogP contribution < -0.4 is 4.31 Å². The first-order valence-corrected chi connectivity index (χ1v) is 9.33. The minimum absolute atomic E-state index is 0.0870. The van der Waals surface area contributed by atoms with Crippen LogP contribution in [0, 0.1) is 6.92 Å². The van der Waals surface area contributed by atoms with Gasteiger partial charge in [0.15, 0.2) is 0 Å². The Kier molecular flexibility index (Phi) is 4.88. The quantitative estimate of drug-likeness (QED) is 0.754. The lowest BCUT2D eigenvalue weighted by Crippen LogP contribution is -2.26. The molecular weight excluding hydrogens is 334 g/mol. The summed E-state index contributed by atoms with van der Waals surface area (Å²) in [5.74, 6) is 0. The largest absolute Gasteiger partial charge is 0.392 e. The first-order valence-electron chi connectivity index (χ1n) is 7.89. The van der Waals surface area contributed by atoms with Gasteiger partial charge in [-0.3, -0.25) is 0 Å². The van der Waals surface area contributed by atoms with Gasteiger partial charge < -0.3 is 5.11 Å². The highest BCUT2D eigenvalue weighted by Crippen LogP contribution is 2.32. The number of hydrogen-bond acceptors (Lipinski definition) is 3. The van der Waals surface area contributed by atoms with Gasteiger partial charge in [-0.05, 0) is 48.9 Å². The number of aliphatic hydroxyl groups excluding tert-OH is 1. The number of sulfonamides is 1. The fraction of sp³-hybridized carbons (Fsp3) is 0.100. The number of para-hydroxylation sites is 1. The van der Waals surface area contributed by atoms with E-state index in [1.165, 1.54) is 4.31 Å². The summed E-state index contributed by atoms with van der Waals surface area (Å²) in [6, 6.07) is 22.6. The molecule has 3 aromatic carbocycles. The third kappa shape index (κ3) is 3.57. The van der Waals surface area contributed by atoms with Gasteiger partial charge in [0.05, 0.1) is 22.9 Å². The van der Waals surface area contributed by atoms with Crippen molar-refractivity contribution in [2.24, 2.45) is 0 Å². The molecule has 5 heteroatoms. The Hall–Kier alpha value is -2.63. The van der Waals surface area contributed by atoms with Gasteiger partial charge in [-0.1, -0.05) is 48.0 Å². The average Bonchev–Trinajstić information content (AvgIpc) is 2.63. The molecule has 3 rings (SSSR count). The minimum Gasteiger partial charge on any atom is -0.392 e. The van der Waals surface area contributed by atoms with E-state index in [4.69, 9.17) is 0 Å². The molecule has 0 aromatic heterocycles. The number of aryl methyl sites for hydroxylation is 1. The zero-order valence-corrected chi connectivity index (χ0v) is 14.6. The molecule has 0 amide bonds. The molecule has 1 N–H and O–H groups in total. The molecule has 0 heterocycles. The van der Waals surface area contributed by atoms with Gasteiger partial charge in [0, 0.05) is 0 Å². The smallest absolute Gasteiger partial charge is 0.268 e. The van der Waals surface area contributed by atoms with Gasteiger partial charge in [-0.25, -0.2) is 12.7 Å².